The van der Waals surface area contributed by atoms with Crippen LogP contribution in [0.5, 0.6) is 0 Å². The molecule has 0 aromatic carbocycles. The first-order valence-corrected chi connectivity index (χ1v) is 5.79. The van der Waals surface area contributed by atoms with E-state index in [1.165, 1.54) is 11.3 Å². The largest absolute Gasteiger partial charge is 0.328 e. The Balaban J connectivity index is 2.49. The first kappa shape index (κ1) is 10.9. The maximum Gasteiger partial charge on any atom is 0.172 e. The number of thiophene rings is 1. The first-order valence-electron chi connectivity index (χ1n) is 4.12. The minimum Gasteiger partial charge on any atom is -0.328 e. The van der Waals surface area contributed by atoms with Gasteiger partial charge in [-0.1, -0.05) is 0 Å². The Bertz CT molecular complexity index is 296. The molecule has 2 N–H and O–H groups in total. The Hall–Kier alpha value is -0.190. The summed E-state index contributed by atoms with van der Waals surface area (Å²) in [5.74, 6) is 0.188. The zero-order valence-corrected chi connectivity index (χ0v) is 9.82. The SMILES string of the molecule is CC(N)CCC(=O)c1cc(Br)cs1. The molecule has 2 nitrogen and oxygen atoms in total. The first-order chi connectivity index (χ1) is 6.09. The summed E-state index contributed by atoms with van der Waals surface area (Å²) < 4.78 is 0.974. The summed E-state index contributed by atoms with van der Waals surface area (Å²) in [5.41, 5.74) is 5.57. The number of carbonyl (C=O) groups is 1. The topological polar surface area (TPSA) is 43.1 Å². The maximum absolute atomic E-state index is 11.5. The molecule has 0 aliphatic carbocycles. The van der Waals surface area contributed by atoms with Crippen molar-refractivity contribution in [2.75, 3.05) is 0 Å². The number of hydrogen-bond acceptors (Lipinski definition) is 3. The van der Waals surface area contributed by atoms with Crippen molar-refractivity contribution in [2.45, 2.75) is 25.8 Å². The number of Topliss-reactive ketones (excluding diaryl/α,β-unsaturated/α-hetero) is 1. The van der Waals surface area contributed by atoms with Crippen molar-refractivity contribution in [2.24, 2.45) is 5.73 Å². The molecule has 1 atom stereocenters. The Morgan fingerprint density at radius 3 is 2.92 bits per heavy atom. The number of nitrogens with two attached hydrogens (primary N) is 1. The maximum atomic E-state index is 11.5. The number of carbonyl (C=O) groups excluding carboxylic acids is 1. The van der Waals surface area contributed by atoms with Gasteiger partial charge in [0.2, 0.25) is 0 Å². The second-order valence-electron chi connectivity index (χ2n) is 3.07. The van der Waals surface area contributed by atoms with Gasteiger partial charge >= 0.3 is 0 Å². The third kappa shape index (κ3) is 3.58. The zero-order valence-electron chi connectivity index (χ0n) is 7.42. The fourth-order valence-corrected chi connectivity index (χ4v) is 2.34. The quantitative estimate of drug-likeness (QED) is 0.848. The predicted molar refractivity (Wildman–Crippen MR) is 59.2 cm³/mol. The van der Waals surface area contributed by atoms with Crippen molar-refractivity contribution in [1.82, 2.24) is 0 Å². The molecule has 0 saturated carbocycles. The molecular weight excluding hydrogens is 250 g/mol. The van der Waals surface area contributed by atoms with Crippen LogP contribution in [0, 0.1) is 0 Å². The highest BCUT2D eigenvalue weighted by atomic mass is 79.9. The molecule has 0 spiro atoms. The van der Waals surface area contributed by atoms with Gasteiger partial charge in [0.25, 0.3) is 0 Å². The van der Waals surface area contributed by atoms with Crippen LogP contribution in [0.2, 0.25) is 0 Å². The van der Waals surface area contributed by atoms with Crippen LogP contribution >= 0.6 is 27.3 Å². The molecule has 0 fully saturated rings. The Labute approximate surface area is 90.3 Å². The van der Waals surface area contributed by atoms with E-state index in [2.05, 4.69) is 15.9 Å². The van der Waals surface area contributed by atoms with Gasteiger partial charge in [-0.15, -0.1) is 11.3 Å². The van der Waals surface area contributed by atoms with Crippen LogP contribution in [-0.2, 0) is 0 Å². The third-order valence-corrected chi connectivity index (χ3v) is 3.40. The normalized spacial score (nSPS) is 12.8. The Kier molecular flexibility index (Phi) is 4.09. The van der Waals surface area contributed by atoms with Gasteiger partial charge in [0.05, 0.1) is 4.88 Å². The molecule has 0 aliphatic heterocycles. The highest BCUT2D eigenvalue weighted by Gasteiger charge is 2.08. The third-order valence-electron chi connectivity index (χ3n) is 1.67. The van der Waals surface area contributed by atoms with E-state index in [9.17, 15) is 4.79 Å². The molecule has 1 heterocycles. The number of hydrogen-bond donors (Lipinski definition) is 1. The smallest absolute Gasteiger partial charge is 0.172 e. The van der Waals surface area contributed by atoms with E-state index in [4.69, 9.17) is 5.73 Å². The summed E-state index contributed by atoms with van der Waals surface area (Å²) in [4.78, 5) is 12.3. The molecule has 0 bridgehead atoms. The fraction of sp³-hybridized carbons (Fsp3) is 0.444. The lowest BCUT2D eigenvalue weighted by atomic mass is 10.1. The second kappa shape index (κ2) is 4.88. The van der Waals surface area contributed by atoms with Crippen molar-refractivity contribution < 1.29 is 4.79 Å². The monoisotopic (exact) mass is 261 g/mol. The highest BCUT2D eigenvalue weighted by molar-refractivity contribution is 9.10. The van der Waals surface area contributed by atoms with Crippen molar-refractivity contribution in [3.8, 4) is 0 Å². The number of halogens is 1. The van der Waals surface area contributed by atoms with Crippen LogP contribution < -0.4 is 5.73 Å². The summed E-state index contributed by atoms with van der Waals surface area (Å²) in [5, 5.41) is 1.92. The van der Waals surface area contributed by atoms with Gasteiger partial charge in [0.15, 0.2) is 5.78 Å². The molecule has 0 saturated heterocycles. The molecule has 0 aliphatic rings. The molecule has 13 heavy (non-hydrogen) atoms. The number of rotatable bonds is 4. The minimum atomic E-state index is 0.104. The number of ketones is 1. The van der Waals surface area contributed by atoms with Gasteiger partial charge in [-0.25, -0.2) is 0 Å². The van der Waals surface area contributed by atoms with Gasteiger partial charge in [-0.3, -0.25) is 4.79 Å². The predicted octanol–water partition coefficient (Wildman–Crippen LogP) is 2.82. The molecule has 0 radical (unpaired) electrons. The molecular formula is C9H12BrNOS. The van der Waals surface area contributed by atoms with Gasteiger partial charge in [0.1, 0.15) is 0 Å². The average Bonchev–Trinajstić information content (AvgIpc) is 2.47. The molecule has 4 heteroatoms. The van der Waals surface area contributed by atoms with Gasteiger partial charge in [-0.2, -0.15) is 0 Å². The lowest BCUT2D eigenvalue weighted by Crippen LogP contribution is -2.16. The lowest BCUT2D eigenvalue weighted by molar-refractivity contribution is 0.0982. The highest BCUT2D eigenvalue weighted by Crippen LogP contribution is 2.21. The van der Waals surface area contributed by atoms with Crippen LogP contribution in [0.4, 0.5) is 0 Å². The van der Waals surface area contributed by atoms with Crippen LogP contribution in [0.25, 0.3) is 0 Å². The summed E-state index contributed by atoms with van der Waals surface area (Å²) in [6, 6.07) is 1.96. The standard InChI is InChI=1S/C9H12BrNOS/c1-6(11)2-3-8(12)9-4-7(10)5-13-9/h4-6H,2-3,11H2,1H3. The summed E-state index contributed by atoms with van der Waals surface area (Å²) in [6.45, 7) is 1.91. The molecule has 72 valence electrons. The van der Waals surface area contributed by atoms with Crippen molar-refractivity contribution in [1.29, 1.82) is 0 Å². The van der Waals surface area contributed by atoms with Crippen LogP contribution in [0.3, 0.4) is 0 Å². The molecule has 1 aromatic heterocycles. The second-order valence-corrected chi connectivity index (χ2v) is 4.90. The summed E-state index contributed by atoms with van der Waals surface area (Å²) in [6.07, 6.45) is 1.30. The summed E-state index contributed by atoms with van der Waals surface area (Å²) in [7, 11) is 0. The molecule has 1 rings (SSSR count). The van der Waals surface area contributed by atoms with E-state index in [1.54, 1.807) is 0 Å². The van der Waals surface area contributed by atoms with Gasteiger partial charge < -0.3 is 5.73 Å². The van der Waals surface area contributed by atoms with Crippen molar-refractivity contribution in [3.05, 3.63) is 20.8 Å². The van der Waals surface area contributed by atoms with Crippen LogP contribution in [0.1, 0.15) is 29.4 Å². The minimum absolute atomic E-state index is 0.104. The van der Waals surface area contributed by atoms with E-state index in [-0.39, 0.29) is 11.8 Å². The average molecular weight is 262 g/mol. The van der Waals surface area contributed by atoms with E-state index in [0.717, 1.165) is 15.8 Å². The van der Waals surface area contributed by atoms with Crippen LogP contribution in [0.15, 0.2) is 15.9 Å². The fourth-order valence-electron chi connectivity index (χ4n) is 0.941. The van der Waals surface area contributed by atoms with Crippen molar-refractivity contribution >= 4 is 33.0 Å². The Morgan fingerprint density at radius 1 is 1.77 bits per heavy atom. The summed E-state index contributed by atoms with van der Waals surface area (Å²) >= 11 is 4.79. The van der Waals surface area contributed by atoms with Crippen molar-refractivity contribution in [3.63, 3.8) is 0 Å². The Morgan fingerprint density at radius 2 is 2.46 bits per heavy atom. The molecule has 1 unspecified atom stereocenters. The van der Waals surface area contributed by atoms with Crippen LogP contribution in [-0.4, -0.2) is 11.8 Å². The van der Waals surface area contributed by atoms with E-state index in [1.807, 2.05) is 18.4 Å². The molecule has 0 amide bonds. The van der Waals surface area contributed by atoms with E-state index >= 15 is 0 Å². The van der Waals surface area contributed by atoms with Gasteiger partial charge in [-0.05, 0) is 35.3 Å². The van der Waals surface area contributed by atoms with Gasteiger partial charge in [0, 0.05) is 22.3 Å². The zero-order chi connectivity index (χ0) is 9.84. The van der Waals surface area contributed by atoms with E-state index < -0.39 is 0 Å². The van der Waals surface area contributed by atoms with E-state index in [0.29, 0.717) is 6.42 Å². The lowest BCUT2D eigenvalue weighted by Gasteiger charge is -2.01. The molecule has 1 aromatic rings.